The van der Waals surface area contributed by atoms with Crippen LogP contribution in [0.4, 0.5) is 0 Å². The predicted octanol–water partition coefficient (Wildman–Crippen LogP) is 0.790. The fourth-order valence-corrected chi connectivity index (χ4v) is 1.08. The molecular weight excluding hydrogens is 180 g/mol. The zero-order chi connectivity index (χ0) is 11.6. The minimum absolute atomic E-state index is 0.281. The molecule has 0 saturated heterocycles. The van der Waals surface area contributed by atoms with E-state index in [0.717, 1.165) is 0 Å². The van der Waals surface area contributed by atoms with E-state index in [9.17, 15) is 9.59 Å². The van der Waals surface area contributed by atoms with Crippen LogP contribution in [-0.2, 0) is 9.59 Å². The maximum Gasteiger partial charge on any atom is 0.223 e. The number of rotatable bonds is 5. The molecule has 0 aromatic carbocycles. The average molecular weight is 200 g/mol. The van der Waals surface area contributed by atoms with Gasteiger partial charge in [0.05, 0.1) is 0 Å². The molecule has 0 aromatic rings. The summed E-state index contributed by atoms with van der Waals surface area (Å²) >= 11 is 0. The second-order valence-electron chi connectivity index (χ2n) is 4.84. The SMILES string of the molecule is CC(C)(CCC(N)=O)C(C)(C)C(N)=O. The standard InChI is InChI=1S/C10H20N2O2/c1-9(2,6-5-7(11)13)10(3,4)8(12)14/h5-6H2,1-4H3,(H2,11,13)(H2,12,14). The fourth-order valence-electron chi connectivity index (χ4n) is 1.08. The highest BCUT2D eigenvalue weighted by Crippen LogP contribution is 2.41. The molecule has 0 saturated carbocycles. The summed E-state index contributed by atoms with van der Waals surface area (Å²) in [4.78, 5) is 21.9. The molecule has 0 aliphatic rings. The minimum atomic E-state index is -0.636. The molecule has 0 aliphatic heterocycles. The zero-order valence-corrected chi connectivity index (χ0v) is 9.39. The van der Waals surface area contributed by atoms with Crippen LogP contribution >= 0.6 is 0 Å². The Morgan fingerprint density at radius 3 is 1.79 bits per heavy atom. The van der Waals surface area contributed by atoms with Gasteiger partial charge in [-0.25, -0.2) is 0 Å². The monoisotopic (exact) mass is 200 g/mol. The molecule has 4 N–H and O–H groups in total. The van der Waals surface area contributed by atoms with Crippen LogP contribution in [0.25, 0.3) is 0 Å². The molecule has 0 spiro atoms. The summed E-state index contributed by atoms with van der Waals surface area (Å²) in [6.45, 7) is 7.41. The van der Waals surface area contributed by atoms with Gasteiger partial charge in [0.15, 0.2) is 0 Å². The summed E-state index contributed by atoms with van der Waals surface area (Å²) in [5.74, 6) is -0.703. The zero-order valence-electron chi connectivity index (χ0n) is 9.39. The van der Waals surface area contributed by atoms with Gasteiger partial charge >= 0.3 is 0 Å². The van der Waals surface area contributed by atoms with Crippen molar-refractivity contribution in [3.8, 4) is 0 Å². The maximum absolute atomic E-state index is 11.2. The Labute approximate surface area is 85.0 Å². The van der Waals surface area contributed by atoms with Crippen molar-refractivity contribution in [3.63, 3.8) is 0 Å². The number of nitrogens with two attached hydrogens (primary N) is 2. The number of hydrogen-bond acceptors (Lipinski definition) is 2. The van der Waals surface area contributed by atoms with Crippen LogP contribution in [0.15, 0.2) is 0 Å². The first kappa shape index (κ1) is 12.9. The van der Waals surface area contributed by atoms with Gasteiger partial charge < -0.3 is 11.5 Å². The van der Waals surface area contributed by atoms with Gasteiger partial charge in [0.25, 0.3) is 0 Å². The highest BCUT2D eigenvalue weighted by molar-refractivity contribution is 5.81. The molecule has 0 fully saturated rings. The molecule has 0 unspecified atom stereocenters. The average Bonchev–Trinajstić information content (AvgIpc) is 2.00. The van der Waals surface area contributed by atoms with E-state index in [2.05, 4.69) is 0 Å². The number of carbonyl (C=O) groups excluding carboxylic acids is 2. The summed E-state index contributed by atoms with van der Waals surface area (Å²) < 4.78 is 0. The molecule has 82 valence electrons. The third-order valence-electron chi connectivity index (χ3n) is 3.30. The van der Waals surface area contributed by atoms with E-state index in [0.29, 0.717) is 6.42 Å². The highest BCUT2D eigenvalue weighted by Gasteiger charge is 2.41. The van der Waals surface area contributed by atoms with Gasteiger partial charge in [-0.3, -0.25) is 9.59 Å². The third kappa shape index (κ3) is 2.72. The molecule has 14 heavy (non-hydrogen) atoms. The summed E-state index contributed by atoms with van der Waals surface area (Å²) in [5, 5.41) is 0. The molecule has 0 bridgehead atoms. The first-order valence-corrected chi connectivity index (χ1v) is 4.69. The first-order valence-electron chi connectivity index (χ1n) is 4.69. The number of amides is 2. The molecule has 0 rings (SSSR count). The quantitative estimate of drug-likeness (QED) is 0.687. The van der Waals surface area contributed by atoms with Crippen molar-refractivity contribution in [1.29, 1.82) is 0 Å². The molecule has 0 atom stereocenters. The van der Waals surface area contributed by atoms with Crippen LogP contribution in [0.5, 0.6) is 0 Å². The highest BCUT2D eigenvalue weighted by atomic mass is 16.1. The van der Waals surface area contributed by atoms with E-state index < -0.39 is 5.41 Å². The number of primary amides is 2. The molecule has 0 aromatic heterocycles. The second kappa shape index (κ2) is 3.98. The van der Waals surface area contributed by atoms with Crippen molar-refractivity contribution in [3.05, 3.63) is 0 Å². The number of carbonyl (C=O) groups is 2. The number of hydrogen-bond donors (Lipinski definition) is 2. The largest absolute Gasteiger partial charge is 0.370 e. The first-order chi connectivity index (χ1) is 6.11. The van der Waals surface area contributed by atoms with Gasteiger partial charge in [0.2, 0.25) is 11.8 Å². The van der Waals surface area contributed by atoms with Crippen LogP contribution in [0.3, 0.4) is 0 Å². The Morgan fingerprint density at radius 1 is 1.07 bits per heavy atom. The summed E-state index contributed by atoms with van der Waals surface area (Å²) in [7, 11) is 0. The molecule has 0 aliphatic carbocycles. The lowest BCUT2D eigenvalue weighted by Gasteiger charge is -2.39. The normalized spacial score (nSPS) is 12.6. The van der Waals surface area contributed by atoms with Crippen molar-refractivity contribution >= 4 is 11.8 Å². The lowest BCUT2D eigenvalue weighted by molar-refractivity contribution is -0.133. The Hall–Kier alpha value is -1.06. The predicted molar refractivity (Wildman–Crippen MR) is 55.2 cm³/mol. The van der Waals surface area contributed by atoms with E-state index in [4.69, 9.17) is 11.5 Å². The molecule has 2 amide bonds. The van der Waals surface area contributed by atoms with Gasteiger partial charge in [-0.2, -0.15) is 0 Å². The Balaban J connectivity index is 4.59. The van der Waals surface area contributed by atoms with E-state index >= 15 is 0 Å². The van der Waals surface area contributed by atoms with Gasteiger partial charge in [-0.15, -0.1) is 0 Å². The van der Waals surface area contributed by atoms with Crippen molar-refractivity contribution in [1.82, 2.24) is 0 Å². The lowest BCUT2D eigenvalue weighted by Crippen LogP contribution is -2.44. The van der Waals surface area contributed by atoms with Gasteiger partial charge in [0.1, 0.15) is 0 Å². The topological polar surface area (TPSA) is 86.2 Å². The van der Waals surface area contributed by atoms with E-state index in [1.807, 2.05) is 13.8 Å². The Kier molecular flexibility index (Phi) is 3.68. The molecule has 0 radical (unpaired) electrons. The van der Waals surface area contributed by atoms with Crippen molar-refractivity contribution in [2.24, 2.45) is 22.3 Å². The smallest absolute Gasteiger partial charge is 0.223 e. The van der Waals surface area contributed by atoms with Crippen LogP contribution in [0, 0.1) is 10.8 Å². The summed E-state index contributed by atoms with van der Waals surface area (Å²) in [5.41, 5.74) is 9.41. The van der Waals surface area contributed by atoms with Crippen LogP contribution < -0.4 is 11.5 Å². The lowest BCUT2D eigenvalue weighted by atomic mass is 9.65. The third-order valence-corrected chi connectivity index (χ3v) is 3.30. The van der Waals surface area contributed by atoms with Gasteiger partial charge in [-0.1, -0.05) is 27.7 Å². The van der Waals surface area contributed by atoms with E-state index in [1.165, 1.54) is 0 Å². The molecule has 0 heterocycles. The van der Waals surface area contributed by atoms with E-state index in [-0.39, 0.29) is 23.7 Å². The Bertz CT molecular complexity index is 245. The van der Waals surface area contributed by atoms with Gasteiger partial charge in [0, 0.05) is 11.8 Å². The Morgan fingerprint density at radius 2 is 1.50 bits per heavy atom. The van der Waals surface area contributed by atoms with Gasteiger partial charge in [-0.05, 0) is 11.8 Å². The molecule has 4 heteroatoms. The van der Waals surface area contributed by atoms with Crippen LogP contribution in [0.1, 0.15) is 40.5 Å². The van der Waals surface area contributed by atoms with Crippen molar-refractivity contribution in [2.45, 2.75) is 40.5 Å². The van der Waals surface area contributed by atoms with Crippen LogP contribution in [-0.4, -0.2) is 11.8 Å². The molecular formula is C10H20N2O2. The van der Waals surface area contributed by atoms with E-state index in [1.54, 1.807) is 13.8 Å². The van der Waals surface area contributed by atoms with Crippen molar-refractivity contribution in [2.75, 3.05) is 0 Å². The summed E-state index contributed by atoms with van der Waals surface area (Å²) in [6.07, 6.45) is 0.849. The van der Waals surface area contributed by atoms with Crippen molar-refractivity contribution < 1.29 is 9.59 Å². The summed E-state index contributed by atoms with van der Waals surface area (Å²) in [6, 6.07) is 0. The second-order valence-corrected chi connectivity index (χ2v) is 4.84. The minimum Gasteiger partial charge on any atom is -0.370 e. The fraction of sp³-hybridized carbons (Fsp3) is 0.800. The molecule has 4 nitrogen and oxygen atoms in total. The maximum atomic E-state index is 11.2. The van der Waals surface area contributed by atoms with Crippen LogP contribution in [0.2, 0.25) is 0 Å².